The molecule has 0 spiro atoms. The second-order valence-corrected chi connectivity index (χ2v) is 6.09. The summed E-state index contributed by atoms with van der Waals surface area (Å²) in [4.78, 5) is 0. The Morgan fingerprint density at radius 2 is 2.00 bits per heavy atom. The smallest absolute Gasteiger partial charge is 0.0881 e. The van der Waals surface area contributed by atoms with Gasteiger partial charge in [0.1, 0.15) is 0 Å². The van der Waals surface area contributed by atoms with Gasteiger partial charge in [-0.2, -0.15) is 0 Å². The van der Waals surface area contributed by atoms with E-state index in [1.165, 1.54) is 16.7 Å². The highest BCUT2D eigenvalue weighted by molar-refractivity contribution is 5.31. The SMILES string of the molecule is CCOC1(C(Cc2cc(C)ccc2C)NC)CCOCC1. The summed E-state index contributed by atoms with van der Waals surface area (Å²) in [6, 6.07) is 7.02. The van der Waals surface area contributed by atoms with Gasteiger partial charge in [-0.05, 0) is 45.4 Å². The first kappa shape index (κ1) is 16.5. The fourth-order valence-corrected chi connectivity index (χ4v) is 3.39. The topological polar surface area (TPSA) is 30.5 Å². The summed E-state index contributed by atoms with van der Waals surface area (Å²) in [5, 5.41) is 3.51. The zero-order chi connectivity index (χ0) is 15.3. The molecule has 0 aliphatic carbocycles. The van der Waals surface area contributed by atoms with Gasteiger partial charge in [0.2, 0.25) is 0 Å². The highest BCUT2D eigenvalue weighted by Gasteiger charge is 2.40. The van der Waals surface area contributed by atoms with Crippen LogP contribution in [0.5, 0.6) is 0 Å². The van der Waals surface area contributed by atoms with Gasteiger partial charge in [0.25, 0.3) is 0 Å². The summed E-state index contributed by atoms with van der Waals surface area (Å²) >= 11 is 0. The van der Waals surface area contributed by atoms with Crippen LogP contribution in [0.15, 0.2) is 18.2 Å². The van der Waals surface area contributed by atoms with E-state index in [1.807, 2.05) is 7.05 Å². The number of nitrogens with one attached hydrogen (secondary N) is 1. The van der Waals surface area contributed by atoms with Gasteiger partial charge in [0.15, 0.2) is 0 Å². The summed E-state index contributed by atoms with van der Waals surface area (Å²) < 4.78 is 11.8. The third-order valence-electron chi connectivity index (χ3n) is 4.68. The van der Waals surface area contributed by atoms with Gasteiger partial charge in [-0.25, -0.2) is 0 Å². The molecule has 1 heterocycles. The molecule has 1 unspecified atom stereocenters. The maximum Gasteiger partial charge on any atom is 0.0881 e. The number of hydrogen-bond donors (Lipinski definition) is 1. The Balaban J connectivity index is 2.22. The van der Waals surface area contributed by atoms with E-state index >= 15 is 0 Å². The molecule has 1 fully saturated rings. The van der Waals surface area contributed by atoms with E-state index < -0.39 is 0 Å². The van der Waals surface area contributed by atoms with E-state index in [0.29, 0.717) is 6.04 Å². The quantitative estimate of drug-likeness (QED) is 0.874. The minimum absolute atomic E-state index is 0.0993. The Kier molecular flexibility index (Phi) is 5.80. The van der Waals surface area contributed by atoms with Crippen LogP contribution >= 0.6 is 0 Å². The standard InChI is InChI=1S/C18H29NO2/c1-5-21-18(8-10-20-11-9-18)17(19-4)13-16-12-14(2)6-7-15(16)3/h6-7,12,17,19H,5,8-11,13H2,1-4H3. The van der Waals surface area contributed by atoms with Crippen LogP contribution in [0.1, 0.15) is 36.5 Å². The molecule has 118 valence electrons. The molecule has 2 rings (SSSR count). The first-order valence-corrected chi connectivity index (χ1v) is 8.06. The lowest BCUT2D eigenvalue weighted by atomic mass is 9.81. The van der Waals surface area contributed by atoms with E-state index in [1.54, 1.807) is 0 Å². The van der Waals surface area contributed by atoms with E-state index in [9.17, 15) is 0 Å². The van der Waals surface area contributed by atoms with Crippen molar-refractivity contribution in [1.82, 2.24) is 5.32 Å². The Labute approximate surface area is 129 Å². The normalized spacial score (nSPS) is 19.4. The minimum Gasteiger partial charge on any atom is -0.381 e. The van der Waals surface area contributed by atoms with Crippen LogP contribution in [0.25, 0.3) is 0 Å². The van der Waals surface area contributed by atoms with Crippen LogP contribution < -0.4 is 5.32 Å². The van der Waals surface area contributed by atoms with Gasteiger partial charge >= 0.3 is 0 Å². The fraction of sp³-hybridized carbons (Fsp3) is 0.667. The molecule has 1 aromatic rings. The number of ether oxygens (including phenoxy) is 2. The predicted octanol–water partition coefficient (Wildman–Crippen LogP) is 3.02. The van der Waals surface area contributed by atoms with Gasteiger partial charge in [-0.15, -0.1) is 0 Å². The maximum atomic E-state index is 6.22. The molecule has 1 atom stereocenters. The fourth-order valence-electron chi connectivity index (χ4n) is 3.39. The molecule has 0 aromatic heterocycles. The molecule has 3 nitrogen and oxygen atoms in total. The Hall–Kier alpha value is -0.900. The summed E-state index contributed by atoms with van der Waals surface area (Å²) in [6.07, 6.45) is 2.94. The van der Waals surface area contributed by atoms with Crippen molar-refractivity contribution in [3.8, 4) is 0 Å². The van der Waals surface area contributed by atoms with E-state index in [-0.39, 0.29) is 5.60 Å². The maximum absolute atomic E-state index is 6.22. The lowest BCUT2D eigenvalue weighted by molar-refractivity contribution is -0.125. The summed E-state index contributed by atoms with van der Waals surface area (Å²) in [7, 11) is 2.05. The molecule has 0 amide bonds. The molecule has 1 N–H and O–H groups in total. The molecule has 21 heavy (non-hydrogen) atoms. The first-order valence-electron chi connectivity index (χ1n) is 8.06. The van der Waals surface area contributed by atoms with Gasteiger partial charge in [0.05, 0.1) is 5.60 Å². The van der Waals surface area contributed by atoms with Crippen LogP contribution in [-0.4, -0.2) is 38.5 Å². The van der Waals surface area contributed by atoms with Crippen LogP contribution in [0.2, 0.25) is 0 Å². The molecular weight excluding hydrogens is 262 g/mol. The zero-order valence-electron chi connectivity index (χ0n) is 13.9. The molecule has 1 saturated heterocycles. The summed E-state index contributed by atoms with van der Waals surface area (Å²) in [5.41, 5.74) is 4.00. The van der Waals surface area contributed by atoms with Crippen molar-refractivity contribution < 1.29 is 9.47 Å². The van der Waals surface area contributed by atoms with Crippen molar-refractivity contribution in [2.75, 3.05) is 26.9 Å². The van der Waals surface area contributed by atoms with Crippen LogP contribution in [0.4, 0.5) is 0 Å². The number of likely N-dealkylation sites (N-methyl/N-ethyl adjacent to an activating group) is 1. The monoisotopic (exact) mass is 291 g/mol. The third kappa shape index (κ3) is 3.85. The number of hydrogen-bond acceptors (Lipinski definition) is 3. The average molecular weight is 291 g/mol. The summed E-state index contributed by atoms with van der Waals surface area (Å²) in [6.45, 7) is 8.78. The molecule has 1 aliphatic heterocycles. The predicted molar refractivity (Wildman–Crippen MR) is 86.9 cm³/mol. The highest BCUT2D eigenvalue weighted by Crippen LogP contribution is 2.31. The minimum atomic E-state index is -0.0993. The van der Waals surface area contributed by atoms with Crippen LogP contribution in [-0.2, 0) is 15.9 Å². The van der Waals surface area contributed by atoms with Crippen LogP contribution in [0, 0.1) is 13.8 Å². The zero-order valence-corrected chi connectivity index (χ0v) is 13.9. The average Bonchev–Trinajstić information content (AvgIpc) is 2.49. The highest BCUT2D eigenvalue weighted by atomic mass is 16.5. The molecule has 0 bridgehead atoms. The molecule has 0 radical (unpaired) electrons. The molecule has 3 heteroatoms. The lowest BCUT2D eigenvalue weighted by Crippen LogP contribution is -2.55. The largest absolute Gasteiger partial charge is 0.381 e. The van der Waals surface area contributed by atoms with Gasteiger partial charge in [-0.1, -0.05) is 23.8 Å². The number of rotatable bonds is 6. The number of benzene rings is 1. The van der Waals surface area contributed by atoms with E-state index in [4.69, 9.17) is 9.47 Å². The van der Waals surface area contributed by atoms with Crippen LogP contribution in [0.3, 0.4) is 0 Å². The molecular formula is C18H29NO2. The molecule has 1 aliphatic rings. The van der Waals surface area contributed by atoms with Crippen molar-refractivity contribution in [2.24, 2.45) is 0 Å². The van der Waals surface area contributed by atoms with Gasteiger partial charge < -0.3 is 14.8 Å². The van der Waals surface area contributed by atoms with E-state index in [0.717, 1.165) is 39.1 Å². The Morgan fingerprint density at radius 1 is 1.29 bits per heavy atom. The van der Waals surface area contributed by atoms with Gasteiger partial charge in [0, 0.05) is 38.7 Å². The molecule has 1 aromatic carbocycles. The third-order valence-corrected chi connectivity index (χ3v) is 4.68. The Bertz CT molecular complexity index is 447. The number of aryl methyl sites for hydroxylation is 2. The summed E-state index contributed by atoms with van der Waals surface area (Å²) in [5.74, 6) is 0. The van der Waals surface area contributed by atoms with Crippen molar-refractivity contribution in [1.29, 1.82) is 0 Å². The lowest BCUT2D eigenvalue weighted by Gasteiger charge is -2.43. The van der Waals surface area contributed by atoms with Crippen molar-refractivity contribution in [3.05, 3.63) is 34.9 Å². The van der Waals surface area contributed by atoms with Gasteiger partial charge in [-0.3, -0.25) is 0 Å². The second kappa shape index (κ2) is 7.39. The second-order valence-electron chi connectivity index (χ2n) is 6.09. The van der Waals surface area contributed by atoms with Crippen molar-refractivity contribution in [3.63, 3.8) is 0 Å². The molecule has 0 saturated carbocycles. The first-order chi connectivity index (χ1) is 10.1. The van der Waals surface area contributed by atoms with Crippen molar-refractivity contribution >= 4 is 0 Å². The van der Waals surface area contributed by atoms with Crippen molar-refractivity contribution in [2.45, 2.75) is 51.7 Å². The van der Waals surface area contributed by atoms with E-state index in [2.05, 4.69) is 44.3 Å². The Morgan fingerprint density at radius 3 is 2.62 bits per heavy atom.